The van der Waals surface area contributed by atoms with Gasteiger partial charge < -0.3 is 9.47 Å². The number of hydrogen-bond acceptors (Lipinski definition) is 4. The average molecular weight is 304 g/mol. The van der Waals surface area contributed by atoms with Crippen LogP contribution >= 0.6 is 11.8 Å². The normalized spacial score (nSPS) is 16.2. The zero-order valence-corrected chi connectivity index (χ0v) is 13.3. The molecule has 1 aliphatic heterocycles. The first-order chi connectivity index (χ1) is 10.3. The molecule has 0 atom stereocenters. The Morgan fingerprint density at radius 2 is 2.10 bits per heavy atom. The van der Waals surface area contributed by atoms with Crippen LogP contribution in [0.25, 0.3) is 11.4 Å². The van der Waals surface area contributed by atoms with E-state index in [-0.39, 0.29) is 0 Å². The standard InChI is InChI=1S/C15H21N5S/c1-19-14(13-6-5-7-16-12-13)17-18-15(19)21-11-10-20-8-3-2-4-9-20/h5-7,12H,2-4,8-11H2,1H3/p+1. The quantitative estimate of drug-likeness (QED) is 0.839. The van der Waals surface area contributed by atoms with Gasteiger partial charge in [0.05, 0.1) is 25.4 Å². The van der Waals surface area contributed by atoms with Gasteiger partial charge in [-0.05, 0) is 31.4 Å². The first-order valence-electron chi connectivity index (χ1n) is 7.61. The van der Waals surface area contributed by atoms with Crippen LogP contribution in [0.5, 0.6) is 0 Å². The second kappa shape index (κ2) is 7.04. The van der Waals surface area contributed by atoms with Crippen molar-refractivity contribution in [3.8, 4) is 11.4 Å². The van der Waals surface area contributed by atoms with Crippen molar-refractivity contribution in [1.82, 2.24) is 19.7 Å². The highest BCUT2D eigenvalue weighted by atomic mass is 32.2. The van der Waals surface area contributed by atoms with E-state index in [2.05, 4.69) is 19.7 Å². The number of piperidine rings is 1. The lowest BCUT2D eigenvalue weighted by molar-refractivity contribution is -0.902. The summed E-state index contributed by atoms with van der Waals surface area (Å²) in [6.45, 7) is 3.89. The first kappa shape index (κ1) is 14.5. The number of likely N-dealkylation sites (tertiary alicyclic amines) is 1. The zero-order chi connectivity index (χ0) is 14.5. The lowest BCUT2D eigenvalue weighted by Gasteiger charge is -2.23. The molecular weight excluding hydrogens is 282 g/mol. The number of aromatic nitrogens is 4. The maximum atomic E-state index is 4.31. The van der Waals surface area contributed by atoms with Crippen molar-refractivity contribution in [1.29, 1.82) is 0 Å². The summed E-state index contributed by atoms with van der Waals surface area (Å²) >= 11 is 1.80. The molecule has 0 aliphatic carbocycles. The topological polar surface area (TPSA) is 48.0 Å². The Morgan fingerprint density at radius 1 is 1.24 bits per heavy atom. The summed E-state index contributed by atoms with van der Waals surface area (Å²) in [6, 6.07) is 3.94. The second-order valence-electron chi connectivity index (χ2n) is 5.52. The maximum absolute atomic E-state index is 4.31. The van der Waals surface area contributed by atoms with Gasteiger partial charge in [0.2, 0.25) is 0 Å². The third kappa shape index (κ3) is 3.63. The second-order valence-corrected chi connectivity index (χ2v) is 6.58. The smallest absolute Gasteiger partial charge is 0.191 e. The summed E-state index contributed by atoms with van der Waals surface area (Å²) in [5.41, 5.74) is 1.01. The number of nitrogens with zero attached hydrogens (tertiary/aromatic N) is 4. The van der Waals surface area contributed by atoms with Gasteiger partial charge in [-0.1, -0.05) is 11.8 Å². The molecule has 1 aliphatic rings. The molecular formula is C15H22N5S+. The van der Waals surface area contributed by atoms with Crippen LogP contribution in [0.4, 0.5) is 0 Å². The highest BCUT2D eigenvalue weighted by molar-refractivity contribution is 7.99. The fraction of sp³-hybridized carbons (Fsp3) is 0.533. The Hall–Kier alpha value is -1.40. The molecule has 0 unspecified atom stereocenters. The minimum atomic E-state index is 0.885. The molecule has 1 N–H and O–H groups in total. The molecule has 3 rings (SSSR count). The molecule has 0 radical (unpaired) electrons. The van der Waals surface area contributed by atoms with Gasteiger partial charge in [0.1, 0.15) is 0 Å². The molecule has 1 saturated heterocycles. The summed E-state index contributed by atoms with van der Waals surface area (Å²) in [7, 11) is 2.03. The molecule has 2 aromatic heterocycles. The number of nitrogens with one attached hydrogen (secondary N) is 1. The van der Waals surface area contributed by atoms with Gasteiger partial charge in [0.25, 0.3) is 0 Å². The third-order valence-electron chi connectivity index (χ3n) is 4.00. The van der Waals surface area contributed by atoms with Crippen LogP contribution < -0.4 is 4.90 Å². The van der Waals surface area contributed by atoms with Crippen molar-refractivity contribution >= 4 is 11.8 Å². The van der Waals surface area contributed by atoms with Gasteiger partial charge in [-0.2, -0.15) is 0 Å². The molecule has 0 aromatic carbocycles. The van der Waals surface area contributed by atoms with E-state index >= 15 is 0 Å². The van der Waals surface area contributed by atoms with Crippen molar-refractivity contribution in [3.05, 3.63) is 24.5 Å². The Kier molecular flexibility index (Phi) is 4.87. The summed E-state index contributed by atoms with van der Waals surface area (Å²) in [5.74, 6) is 1.99. The van der Waals surface area contributed by atoms with Crippen LogP contribution in [0.1, 0.15) is 19.3 Å². The first-order valence-corrected chi connectivity index (χ1v) is 8.59. The van der Waals surface area contributed by atoms with Gasteiger partial charge in [0.15, 0.2) is 11.0 Å². The lowest BCUT2D eigenvalue weighted by atomic mass is 10.1. The van der Waals surface area contributed by atoms with Crippen molar-refractivity contribution in [2.45, 2.75) is 24.4 Å². The van der Waals surface area contributed by atoms with Crippen LogP contribution in [0.15, 0.2) is 29.7 Å². The van der Waals surface area contributed by atoms with E-state index in [1.165, 1.54) is 38.9 Å². The van der Waals surface area contributed by atoms with Crippen molar-refractivity contribution < 1.29 is 4.90 Å². The van der Waals surface area contributed by atoms with Crippen LogP contribution in [0.2, 0.25) is 0 Å². The molecule has 3 heterocycles. The predicted molar refractivity (Wildman–Crippen MR) is 84.4 cm³/mol. The van der Waals surface area contributed by atoms with E-state index in [1.807, 2.05) is 25.4 Å². The van der Waals surface area contributed by atoms with Crippen LogP contribution in [-0.2, 0) is 7.05 Å². The number of rotatable bonds is 5. The molecule has 2 aromatic rings. The Balaban J connectivity index is 1.58. The van der Waals surface area contributed by atoms with Crippen LogP contribution in [0.3, 0.4) is 0 Å². The monoisotopic (exact) mass is 304 g/mol. The van der Waals surface area contributed by atoms with E-state index in [0.29, 0.717) is 0 Å². The molecule has 0 amide bonds. The zero-order valence-electron chi connectivity index (χ0n) is 12.5. The van der Waals surface area contributed by atoms with Crippen LogP contribution in [-0.4, -0.2) is 45.1 Å². The van der Waals surface area contributed by atoms with Gasteiger partial charge in [-0.15, -0.1) is 10.2 Å². The Bertz CT molecular complexity index is 563. The van der Waals surface area contributed by atoms with Gasteiger partial charge in [-0.25, -0.2) is 0 Å². The average Bonchev–Trinajstić information content (AvgIpc) is 2.90. The molecule has 0 bridgehead atoms. The van der Waals surface area contributed by atoms with Crippen LogP contribution in [0, 0.1) is 0 Å². The molecule has 6 heteroatoms. The highest BCUT2D eigenvalue weighted by Crippen LogP contribution is 2.21. The summed E-state index contributed by atoms with van der Waals surface area (Å²) < 4.78 is 2.06. The van der Waals surface area contributed by atoms with Crippen molar-refractivity contribution in [2.24, 2.45) is 7.05 Å². The third-order valence-corrected chi connectivity index (χ3v) is 5.02. The minimum Gasteiger partial charge on any atom is -0.334 e. The van der Waals surface area contributed by atoms with Gasteiger partial charge >= 0.3 is 0 Å². The predicted octanol–water partition coefficient (Wildman–Crippen LogP) is 1.04. The molecule has 112 valence electrons. The number of quaternary nitrogens is 1. The van der Waals surface area contributed by atoms with Crippen molar-refractivity contribution in [2.75, 3.05) is 25.4 Å². The fourth-order valence-electron chi connectivity index (χ4n) is 2.78. The van der Waals surface area contributed by atoms with E-state index in [9.17, 15) is 0 Å². The van der Waals surface area contributed by atoms with Gasteiger partial charge in [0, 0.05) is 25.0 Å². The Labute approximate surface area is 129 Å². The number of hydrogen-bond donors (Lipinski definition) is 1. The maximum Gasteiger partial charge on any atom is 0.191 e. The summed E-state index contributed by atoms with van der Waals surface area (Å²) in [4.78, 5) is 5.88. The Morgan fingerprint density at radius 3 is 2.86 bits per heavy atom. The van der Waals surface area contributed by atoms with E-state index in [1.54, 1.807) is 22.9 Å². The van der Waals surface area contributed by atoms with E-state index < -0.39 is 0 Å². The minimum absolute atomic E-state index is 0.885. The number of pyridine rings is 1. The molecule has 5 nitrogen and oxygen atoms in total. The SMILES string of the molecule is Cn1c(SCC[NH+]2CCCCC2)nnc1-c1cccnc1. The van der Waals surface area contributed by atoms with Gasteiger partial charge in [-0.3, -0.25) is 4.98 Å². The molecule has 21 heavy (non-hydrogen) atoms. The largest absolute Gasteiger partial charge is 0.334 e. The van der Waals surface area contributed by atoms with E-state index in [4.69, 9.17) is 0 Å². The van der Waals surface area contributed by atoms with E-state index in [0.717, 1.165) is 22.3 Å². The summed E-state index contributed by atoms with van der Waals surface area (Å²) in [6.07, 6.45) is 7.78. The highest BCUT2D eigenvalue weighted by Gasteiger charge is 2.15. The number of thioether (sulfide) groups is 1. The fourth-order valence-corrected chi connectivity index (χ4v) is 3.73. The summed E-state index contributed by atoms with van der Waals surface area (Å²) in [5, 5.41) is 9.60. The molecule has 1 fully saturated rings. The molecule has 0 spiro atoms. The lowest BCUT2D eigenvalue weighted by Crippen LogP contribution is -3.13. The molecule has 0 saturated carbocycles. The van der Waals surface area contributed by atoms with Crippen molar-refractivity contribution in [3.63, 3.8) is 0 Å².